The van der Waals surface area contributed by atoms with Gasteiger partial charge in [-0.25, -0.2) is 14.4 Å². The summed E-state index contributed by atoms with van der Waals surface area (Å²) in [4.78, 5) is 26.6. The molecule has 6 heteroatoms. The number of aryl methyl sites for hydroxylation is 1. The van der Waals surface area contributed by atoms with Gasteiger partial charge in [0.2, 0.25) is 5.91 Å². The highest BCUT2D eigenvalue weighted by molar-refractivity contribution is 5.92. The van der Waals surface area contributed by atoms with Crippen LogP contribution < -0.4 is 4.90 Å². The van der Waals surface area contributed by atoms with Gasteiger partial charge in [-0.1, -0.05) is 72.8 Å². The van der Waals surface area contributed by atoms with Crippen LogP contribution >= 0.6 is 0 Å². The molecule has 1 saturated heterocycles. The molecule has 1 aromatic heterocycles. The molecule has 2 heterocycles. The molecule has 0 atom stereocenters. The van der Waals surface area contributed by atoms with Gasteiger partial charge in [0.15, 0.2) is 5.82 Å². The maximum absolute atomic E-state index is 14.0. The van der Waals surface area contributed by atoms with Crippen LogP contribution in [-0.2, 0) is 11.2 Å². The molecule has 0 aliphatic carbocycles. The number of benzene rings is 3. The highest BCUT2D eigenvalue weighted by Gasteiger charge is 2.24. The lowest BCUT2D eigenvalue weighted by atomic mass is 10.0. The van der Waals surface area contributed by atoms with Crippen LogP contribution in [0.15, 0.2) is 91.0 Å². The van der Waals surface area contributed by atoms with E-state index in [1.807, 2.05) is 72.5 Å². The van der Waals surface area contributed by atoms with Gasteiger partial charge in [-0.3, -0.25) is 4.79 Å². The van der Waals surface area contributed by atoms with Gasteiger partial charge < -0.3 is 9.80 Å². The van der Waals surface area contributed by atoms with Crippen molar-refractivity contribution in [3.63, 3.8) is 0 Å². The Hall–Kier alpha value is -4.32. The minimum absolute atomic E-state index is 0.00679. The Morgan fingerprint density at radius 2 is 1.59 bits per heavy atom. The second-order valence-electron chi connectivity index (χ2n) is 9.16. The SMILES string of the molecule is Cc1nc(-c2cccc(F)c2)nc(N2CCN(C(=O)/C=C/c3ccccc3)CC2)c1Cc1ccccc1. The molecule has 0 radical (unpaired) electrons. The van der Waals surface area contributed by atoms with Crippen LogP contribution in [0.3, 0.4) is 0 Å². The Labute approximate surface area is 216 Å². The predicted molar refractivity (Wildman–Crippen MR) is 146 cm³/mol. The highest BCUT2D eigenvalue weighted by Crippen LogP contribution is 2.28. The smallest absolute Gasteiger partial charge is 0.246 e. The Kier molecular flexibility index (Phi) is 7.36. The first-order chi connectivity index (χ1) is 18.1. The molecule has 4 aromatic rings. The summed E-state index contributed by atoms with van der Waals surface area (Å²) in [5.41, 5.74) is 4.75. The van der Waals surface area contributed by atoms with Crippen LogP contribution in [0.2, 0.25) is 0 Å². The van der Waals surface area contributed by atoms with Crippen LogP contribution in [-0.4, -0.2) is 47.0 Å². The first-order valence-electron chi connectivity index (χ1n) is 12.5. The van der Waals surface area contributed by atoms with Gasteiger partial charge in [0.25, 0.3) is 0 Å². The van der Waals surface area contributed by atoms with Gasteiger partial charge in [0.1, 0.15) is 11.6 Å². The van der Waals surface area contributed by atoms with Crippen molar-refractivity contribution < 1.29 is 9.18 Å². The van der Waals surface area contributed by atoms with Crippen molar-refractivity contribution in [1.29, 1.82) is 0 Å². The molecule has 5 rings (SSSR count). The monoisotopic (exact) mass is 492 g/mol. The van der Waals surface area contributed by atoms with E-state index in [2.05, 4.69) is 17.0 Å². The van der Waals surface area contributed by atoms with Crippen LogP contribution in [0.5, 0.6) is 0 Å². The summed E-state index contributed by atoms with van der Waals surface area (Å²) in [7, 11) is 0. The zero-order valence-corrected chi connectivity index (χ0v) is 20.8. The van der Waals surface area contributed by atoms with Gasteiger partial charge >= 0.3 is 0 Å². The van der Waals surface area contributed by atoms with Gasteiger partial charge in [-0.15, -0.1) is 0 Å². The molecule has 0 unspecified atom stereocenters. The number of carbonyl (C=O) groups excluding carboxylic acids is 1. The minimum atomic E-state index is -0.315. The van der Waals surface area contributed by atoms with Crippen LogP contribution in [0, 0.1) is 12.7 Å². The molecule has 37 heavy (non-hydrogen) atoms. The third-order valence-corrected chi connectivity index (χ3v) is 6.61. The lowest BCUT2D eigenvalue weighted by Crippen LogP contribution is -2.49. The number of amides is 1. The van der Waals surface area contributed by atoms with E-state index in [1.54, 1.807) is 12.1 Å². The number of anilines is 1. The number of aromatic nitrogens is 2. The largest absolute Gasteiger partial charge is 0.353 e. The maximum atomic E-state index is 14.0. The van der Waals surface area contributed by atoms with Gasteiger partial charge in [0.05, 0.1) is 0 Å². The normalized spacial score (nSPS) is 13.8. The zero-order valence-electron chi connectivity index (χ0n) is 20.8. The van der Waals surface area contributed by atoms with Crippen molar-refractivity contribution in [3.8, 4) is 11.4 Å². The summed E-state index contributed by atoms with van der Waals surface area (Å²) in [5, 5.41) is 0. The molecule has 1 amide bonds. The fraction of sp³-hybridized carbons (Fsp3) is 0.194. The molecule has 5 nitrogen and oxygen atoms in total. The first-order valence-corrected chi connectivity index (χ1v) is 12.5. The summed E-state index contributed by atoms with van der Waals surface area (Å²) < 4.78 is 14.0. The molecule has 3 aromatic carbocycles. The summed E-state index contributed by atoms with van der Waals surface area (Å²) in [5.74, 6) is 1.05. The molecule has 1 fully saturated rings. The fourth-order valence-electron chi connectivity index (χ4n) is 4.58. The van der Waals surface area contributed by atoms with Crippen LogP contribution in [0.4, 0.5) is 10.2 Å². The van der Waals surface area contributed by atoms with E-state index in [4.69, 9.17) is 9.97 Å². The van der Waals surface area contributed by atoms with Crippen molar-refractivity contribution in [2.24, 2.45) is 0 Å². The molecule has 0 saturated carbocycles. The molecule has 1 aliphatic heterocycles. The Morgan fingerprint density at radius 3 is 2.30 bits per heavy atom. The Morgan fingerprint density at radius 1 is 0.892 bits per heavy atom. The van der Waals surface area contributed by atoms with E-state index < -0.39 is 0 Å². The number of hydrogen-bond acceptors (Lipinski definition) is 4. The van der Waals surface area contributed by atoms with Gasteiger partial charge in [0, 0.05) is 55.5 Å². The Balaban J connectivity index is 1.39. The molecule has 1 aliphatic rings. The van der Waals surface area contributed by atoms with Crippen molar-refractivity contribution >= 4 is 17.8 Å². The predicted octanol–water partition coefficient (Wildman–Crippen LogP) is 5.54. The molecule has 0 spiro atoms. The number of piperazine rings is 1. The maximum Gasteiger partial charge on any atom is 0.246 e. The van der Waals surface area contributed by atoms with Crippen molar-refractivity contribution in [2.75, 3.05) is 31.1 Å². The average molecular weight is 493 g/mol. The molecule has 0 bridgehead atoms. The highest BCUT2D eigenvalue weighted by atomic mass is 19.1. The zero-order chi connectivity index (χ0) is 25.6. The van der Waals surface area contributed by atoms with E-state index in [9.17, 15) is 9.18 Å². The summed E-state index contributed by atoms with van der Waals surface area (Å²) >= 11 is 0. The summed E-state index contributed by atoms with van der Waals surface area (Å²) in [6.45, 7) is 4.50. The third kappa shape index (κ3) is 5.92. The number of nitrogens with zero attached hydrogens (tertiary/aromatic N) is 4. The second kappa shape index (κ2) is 11.2. The number of hydrogen-bond donors (Lipinski definition) is 0. The van der Waals surface area contributed by atoms with Crippen LogP contribution in [0.25, 0.3) is 17.5 Å². The van der Waals surface area contributed by atoms with Crippen LogP contribution in [0.1, 0.15) is 22.4 Å². The molecule has 0 N–H and O–H groups in total. The lowest BCUT2D eigenvalue weighted by molar-refractivity contribution is -0.126. The quantitative estimate of drug-likeness (QED) is 0.332. The third-order valence-electron chi connectivity index (χ3n) is 6.61. The lowest BCUT2D eigenvalue weighted by Gasteiger charge is -2.36. The van der Waals surface area contributed by atoms with E-state index in [1.165, 1.54) is 17.7 Å². The van der Waals surface area contributed by atoms with Crippen molar-refractivity contribution in [2.45, 2.75) is 13.3 Å². The fourth-order valence-corrected chi connectivity index (χ4v) is 4.58. The molecule has 186 valence electrons. The average Bonchev–Trinajstić information content (AvgIpc) is 2.94. The Bertz CT molecular complexity index is 1400. The number of rotatable bonds is 6. The molecular formula is C31H29FN4O. The summed E-state index contributed by atoms with van der Waals surface area (Å²) in [6.07, 6.45) is 4.19. The second-order valence-corrected chi connectivity index (χ2v) is 9.16. The van der Waals surface area contributed by atoms with E-state index in [0.717, 1.165) is 22.6 Å². The van der Waals surface area contributed by atoms with E-state index >= 15 is 0 Å². The van der Waals surface area contributed by atoms with Gasteiger partial charge in [-0.2, -0.15) is 0 Å². The van der Waals surface area contributed by atoms with Crippen molar-refractivity contribution in [1.82, 2.24) is 14.9 Å². The minimum Gasteiger partial charge on any atom is -0.353 e. The standard InChI is InChI=1S/C31H29FN4O/c1-23-28(21-25-11-6-3-7-12-25)31(34-30(33-23)26-13-8-14-27(32)22-26)36-19-17-35(18-20-36)29(37)16-15-24-9-4-2-5-10-24/h2-16,22H,17-21H2,1H3/b16-15+. The topological polar surface area (TPSA) is 49.3 Å². The number of halogens is 1. The molecular weight excluding hydrogens is 463 g/mol. The van der Waals surface area contributed by atoms with Gasteiger partial charge in [-0.05, 0) is 36.3 Å². The number of carbonyl (C=O) groups is 1. The van der Waals surface area contributed by atoms with E-state index in [0.29, 0.717) is 44.0 Å². The first kappa shape index (κ1) is 24.4. The summed E-state index contributed by atoms with van der Waals surface area (Å²) in [6, 6.07) is 26.5. The van der Waals surface area contributed by atoms with E-state index in [-0.39, 0.29) is 11.7 Å². The van der Waals surface area contributed by atoms with Crippen molar-refractivity contribution in [3.05, 3.63) is 119 Å².